The van der Waals surface area contributed by atoms with E-state index < -0.39 is 0 Å². The number of morpholine rings is 1. The summed E-state index contributed by atoms with van der Waals surface area (Å²) in [5, 5.41) is 4.54. The molecule has 2 rings (SSSR count). The van der Waals surface area contributed by atoms with Gasteiger partial charge in [0, 0.05) is 26.2 Å². The van der Waals surface area contributed by atoms with Crippen LogP contribution in [0, 0.1) is 6.92 Å². The van der Waals surface area contributed by atoms with Gasteiger partial charge in [0.05, 0.1) is 28.1 Å². The molecule has 1 aliphatic rings. The van der Waals surface area contributed by atoms with Crippen molar-refractivity contribution in [1.82, 2.24) is 14.7 Å². The summed E-state index contributed by atoms with van der Waals surface area (Å²) >= 11 is 3.66. The van der Waals surface area contributed by atoms with E-state index in [1.807, 2.05) is 6.92 Å². The summed E-state index contributed by atoms with van der Waals surface area (Å²) in [4.78, 5) is 2.45. The average Bonchev–Trinajstić information content (AvgIpc) is 2.55. The van der Waals surface area contributed by atoms with Crippen molar-refractivity contribution in [3.8, 4) is 0 Å². The minimum absolute atomic E-state index is 0.312. The van der Waals surface area contributed by atoms with Gasteiger partial charge in [0.2, 0.25) is 0 Å². The van der Waals surface area contributed by atoms with E-state index in [1.165, 1.54) is 5.69 Å². The van der Waals surface area contributed by atoms with E-state index in [1.54, 1.807) is 0 Å². The fourth-order valence-corrected chi connectivity index (χ4v) is 3.05. The van der Waals surface area contributed by atoms with Crippen molar-refractivity contribution in [1.29, 1.82) is 0 Å². The van der Waals surface area contributed by atoms with Crippen molar-refractivity contribution < 1.29 is 4.74 Å². The Morgan fingerprint density at radius 2 is 1.94 bits per heavy atom. The molecular formula is C13H22BrN3O. The van der Waals surface area contributed by atoms with Gasteiger partial charge in [-0.15, -0.1) is 0 Å². The van der Waals surface area contributed by atoms with Crippen molar-refractivity contribution >= 4 is 15.9 Å². The van der Waals surface area contributed by atoms with E-state index in [9.17, 15) is 0 Å². The van der Waals surface area contributed by atoms with Crippen LogP contribution in [-0.4, -0.2) is 40.0 Å². The molecule has 4 nitrogen and oxygen atoms in total. The Morgan fingerprint density at radius 1 is 1.33 bits per heavy atom. The number of hydrogen-bond acceptors (Lipinski definition) is 3. The van der Waals surface area contributed by atoms with Gasteiger partial charge in [0.15, 0.2) is 0 Å². The zero-order valence-electron chi connectivity index (χ0n) is 11.6. The lowest BCUT2D eigenvalue weighted by Gasteiger charge is -2.35. The molecule has 1 aromatic heterocycles. The lowest BCUT2D eigenvalue weighted by Crippen LogP contribution is -2.45. The third-order valence-electron chi connectivity index (χ3n) is 3.32. The maximum Gasteiger partial charge on any atom is 0.0739 e. The third-order valence-corrected chi connectivity index (χ3v) is 4.35. The van der Waals surface area contributed by atoms with Gasteiger partial charge in [0.1, 0.15) is 0 Å². The highest BCUT2D eigenvalue weighted by Crippen LogP contribution is 2.24. The number of halogens is 1. The maximum atomic E-state index is 5.77. The van der Waals surface area contributed by atoms with Crippen molar-refractivity contribution in [3.63, 3.8) is 0 Å². The van der Waals surface area contributed by atoms with Gasteiger partial charge < -0.3 is 4.74 Å². The summed E-state index contributed by atoms with van der Waals surface area (Å²) in [6.45, 7) is 12.3. The van der Waals surface area contributed by atoms with Crippen LogP contribution in [0.15, 0.2) is 4.47 Å². The Hall–Kier alpha value is -0.390. The summed E-state index contributed by atoms with van der Waals surface area (Å²) < 4.78 is 9.01. The Bertz CT molecular complexity index is 409. The van der Waals surface area contributed by atoms with E-state index in [4.69, 9.17) is 4.74 Å². The van der Waals surface area contributed by atoms with Gasteiger partial charge in [-0.05, 0) is 43.6 Å². The number of nitrogens with zero attached hydrogens (tertiary/aromatic N) is 3. The number of rotatable bonds is 3. The molecule has 18 heavy (non-hydrogen) atoms. The van der Waals surface area contributed by atoms with Crippen LogP contribution < -0.4 is 0 Å². The molecule has 1 aliphatic heterocycles. The molecule has 2 atom stereocenters. The van der Waals surface area contributed by atoms with Crippen molar-refractivity contribution in [2.24, 2.45) is 0 Å². The highest BCUT2D eigenvalue weighted by Gasteiger charge is 2.24. The van der Waals surface area contributed by atoms with Crippen molar-refractivity contribution in [2.45, 2.75) is 53.0 Å². The molecule has 0 bridgehead atoms. The first-order valence-corrected chi connectivity index (χ1v) is 7.40. The van der Waals surface area contributed by atoms with Crippen LogP contribution in [0.25, 0.3) is 0 Å². The highest BCUT2D eigenvalue weighted by molar-refractivity contribution is 9.10. The maximum absolute atomic E-state index is 5.77. The second kappa shape index (κ2) is 5.72. The largest absolute Gasteiger partial charge is 0.373 e. The fourth-order valence-electron chi connectivity index (χ4n) is 2.65. The average molecular weight is 316 g/mol. The third kappa shape index (κ3) is 2.95. The zero-order chi connectivity index (χ0) is 13.3. The molecule has 1 aromatic rings. The number of ether oxygens (including phenoxy) is 1. The minimum atomic E-state index is 0.312. The monoisotopic (exact) mass is 315 g/mol. The number of hydrogen-bond donors (Lipinski definition) is 0. The van der Waals surface area contributed by atoms with Crippen molar-refractivity contribution in [2.75, 3.05) is 13.1 Å². The molecule has 0 N–H and O–H groups in total. The molecule has 1 saturated heterocycles. The molecule has 0 aromatic carbocycles. The van der Waals surface area contributed by atoms with Crippen LogP contribution in [-0.2, 0) is 17.8 Å². The molecule has 0 radical (unpaired) electrons. The fraction of sp³-hybridized carbons (Fsp3) is 0.769. The lowest BCUT2D eigenvalue weighted by molar-refractivity contribution is -0.0711. The summed E-state index contributed by atoms with van der Waals surface area (Å²) in [6.07, 6.45) is 0.623. The molecule has 5 heteroatoms. The first kappa shape index (κ1) is 14.0. The van der Waals surface area contributed by atoms with Crippen molar-refractivity contribution in [3.05, 3.63) is 15.9 Å². The molecule has 102 valence electrons. The van der Waals surface area contributed by atoms with Crippen LogP contribution in [0.4, 0.5) is 0 Å². The number of aryl methyl sites for hydroxylation is 2. The highest BCUT2D eigenvalue weighted by atomic mass is 79.9. The van der Waals surface area contributed by atoms with Gasteiger partial charge >= 0.3 is 0 Å². The van der Waals surface area contributed by atoms with E-state index in [2.05, 4.69) is 51.4 Å². The Kier molecular flexibility index (Phi) is 4.45. The minimum Gasteiger partial charge on any atom is -0.373 e. The van der Waals surface area contributed by atoms with Crippen LogP contribution >= 0.6 is 15.9 Å². The van der Waals surface area contributed by atoms with Gasteiger partial charge in [-0.1, -0.05) is 0 Å². The topological polar surface area (TPSA) is 30.3 Å². The smallest absolute Gasteiger partial charge is 0.0739 e. The SMILES string of the molecule is CCn1nc(C)c(Br)c1CN1CC(C)OC(C)C1. The molecule has 2 heterocycles. The molecule has 2 unspecified atom stereocenters. The van der Waals surface area contributed by atoms with E-state index >= 15 is 0 Å². The first-order valence-electron chi connectivity index (χ1n) is 6.60. The van der Waals surface area contributed by atoms with Crippen LogP contribution in [0.1, 0.15) is 32.2 Å². The van der Waals surface area contributed by atoms with Gasteiger partial charge in [0.25, 0.3) is 0 Å². The lowest BCUT2D eigenvalue weighted by atomic mass is 10.2. The quantitative estimate of drug-likeness (QED) is 0.859. The van der Waals surface area contributed by atoms with E-state index in [0.29, 0.717) is 12.2 Å². The molecule has 0 saturated carbocycles. The molecule has 0 aliphatic carbocycles. The van der Waals surface area contributed by atoms with Gasteiger partial charge in [-0.25, -0.2) is 0 Å². The van der Waals surface area contributed by atoms with E-state index in [0.717, 1.165) is 36.3 Å². The first-order chi connectivity index (χ1) is 8.51. The summed E-state index contributed by atoms with van der Waals surface area (Å²) in [7, 11) is 0. The second-order valence-electron chi connectivity index (χ2n) is 5.11. The predicted octanol–water partition coefficient (Wildman–Crippen LogP) is 2.58. The Labute approximate surface area is 117 Å². The number of aromatic nitrogens is 2. The van der Waals surface area contributed by atoms with Crippen LogP contribution in [0.5, 0.6) is 0 Å². The van der Waals surface area contributed by atoms with Crippen LogP contribution in [0.2, 0.25) is 0 Å². The Morgan fingerprint density at radius 3 is 2.50 bits per heavy atom. The predicted molar refractivity (Wildman–Crippen MR) is 75.6 cm³/mol. The van der Waals surface area contributed by atoms with E-state index in [-0.39, 0.29) is 0 Å². The summed E-state index contributed by atoms with van der Waals surface area (Å²) in [5.74, 6) is 0. The normalized spacial score (nSPS) is 25.6. The molecule has 0 amide bonds. The van der Waals surface area contributed by atoms with Gasteiger partial charge in [-0.2, -0.15) is 5.10 Å². The molecule has 0 spiro atoms. The zero-order valence-corrected chi connectivity index (χ0v) is 13.2. The molecule has 1 fully saturated rings. The summed E-state index contributed by atoms with van der Waals surface area (Å²) in [6, 6.07) is 0. The van der Waals surface area contributed by atoms with Gasteiger partial charge in [-0.3, -0.25) is 9.58 Å². The Balaban J connectivity index is 2.13. The van der Waals surface area contributed by atoms with Crippen LogP contribution in [0.3, 0.4) is 0 Å². The second-order valence-corrected chi connectivity index (χ2v) is 5.91. The summed E-state index contributed by atoms with van der Waals surface area (Å²) in [5.41, 5.74) is 2.34. The molecular weight excluding hydrogens is 294 g/mol. The standard InChI is InChI=1S/C13H22BrN3O/c1-5-17-12(13(14)11(4)15-17)8-16-6-9(2)18-10(3)7-16/h9-10H,5-8H2,1-4H3.